The summed E-state index contributed by atoms with van der Waals surface area (Å²) < 4.78 is 0. The molecule has 70 valence electrons. The second-order valence-electron chi connectivity index (χ2n) is 4.66. The van der Waals surface area contributed by atoms with E-state index in [1.54, 1.807) is 0 Å². The van der Waals surface area contributed by atoms with Crippen LogP contribution in [0.3, 0.4) is 0 Å². The topological polar surface area (TPSA) is 17.1 Å². The third-order valence-corrected chi connectivity index (χ3v) is 3.36. The fourth-order valence-corrected chi connectivity index (χ4v) is 2.76. The van der Waals surface area contributed by atoms with Crippen LogP contribution in [0.1, 0.15) is 27.2 Å². The van der Waals surface area contributed by atoms with E-state index >= 15 is 0 Å². The van der Waals surface area contributed by atoms with Crippen LogP contribution < -0.4 is 0 Å². The molecule has 0 radical (unpaired) electrons. The highest BCUT2D eigenvalue weighted by atomic mass is 16.1. The maximum Gasteiger partial charge on any atom is 0.149 e. The smallest absolute Gasteiger partial charge is 0.149 e. The molecule has 2 aliphatic carbocycles. The molecule has 2 aliphatic rings. The Labute approximate surface area is 79.5 Å². The van der Waals surface area contributed by atoms with Gasteiger partial charge >= 0.3 is 0 Å². The Morgan fingerprint density at radius 2 is 2.31 bits per heavy atom. The van der Waals surface area contributed by atoms with Gasteiger partial charge in [0.15, 0.2) is 0 Å². The molecule has 0 aromatic carbocycles. The lowest BCUT2D eigenvalue weighted by Crippen LogP contribution is -2.52. The molecule has 0 N–H and O–H groups in total. The first kappa shape index (κ1) is 8.74. The number of rotatable bonds is 1. The predicted molar refractivity (Wildman–Crippen MR) is 53.3 cm³/mol. The van der Waals surface area contributed by atoms with Gasteiger partial charge in [-0.1, -0.05) is 23.8 Å². The minimum absolute atomic E-state index is 0.160. The van der Waals surface area contributed by atoms with Crippen molar-refractivity contribution in [3.8, 4) is 0 Å². The van der Waals surface area contributed by atoms with Gasteiger partial charge in [-0.25, -0.2) is 0 Å². The third-order valence-electron chi connectivity index (χ3n) is 3.36. The van der Waals surface area contributed by atoms with Crippen LogP contribution in [0.4, 0.5) is 0 Å². The quantitative estimate of drug-likeness (QED) is 0.561. The molecule has 3 atom stereocenters. The fourth-order valence-electron chi connectivity index (χ4n) is 2.76. The van der Waals surface area contributed by atoms with Gasteiger partial charge in [-0.3, -0.25) is 4.79 Å². The molecule has 13 heavy (non-hydrogen) atoms. The Morgan fingerprint density at radius 1 is 1.62 bits per heavy atom. The molecule has 0 amide bonds. The summed E-state index contributed by atoms with van der Waals surface area (Å²) in [6.45, 7) is 6.21. The van der Waals surface area contributed by atoms with E-state index in [1.807, 2.05) is 0 Å². The first-order valence-corrected chi connectivity index (χ1v) is 4.93. The maximum atomic E-state index is 11.8. The molecule has 0 aromatic rings. The minimum Gasteiger partial charge on any atom is -0.298 e. The van der Waals surface area contributed by atoms with Gasteiger partial charge in [0.25, 0.3) is 0 Å². The second-order valence-corrected chi connectivity index (χ2v) is 4.66. The van der Waals surface area contributed by atoms with Crippen LogP contribution in [0, 0.1) is 17.3 Å². The van der Waals surface area contributed by atoms with E-state index in [1.165, 1.54) is 5.57 Å². The van der Waals surface area contributed by atoms with Crippen LogP contribution in [-0.4, -0.2) is 5.78 Å². The molecule has 0 saturated heterocycles. The van der Waals surface area contributed by atoms with Gasteiger partial charge in [0.05, 0.1) is 0 Å². The van der Waals surface area contributed by atoms with Gasteiger partial charge < -0.3 is 0 Å². The van der Waals surface area contributed by atoms with Crippen molar-refractivity contribution in [2.75, 3.05) is 0 Å². The summed E-state index contributed by atoms with van der Waals surface area (Å²) in [4.78, 5) is 11.8. The largest absolute Gasteiger partial charge is 0.298 e. The van der Waals surface area contributed by atoms with Crippen LogP contribution in [0.25, 0.3) is 0 Å². The zero-order chi connectivity index (χ0) is 9.64. The summed E-state index contributed by atoms with van der Waals surface area (Å²) in [5, 5.41) is 0. The molecular weight excluding hydrogens is 160 g/mol. The van der Waals surface area contributed by atoms with Crippen LogP contribution in [0.15, 0.2) is 23.8 Å². The van der Waals surface area contributed by atoms with Crippen LogP contribution >= 0.6 is 0 Å². The van der Waals surface area contributed by atoms with Crippen molar-refractivity contribution in [1.82, 2.24) is 0 Å². The summed E-state index contributed by atoms with van der Waals surface area (Å²) in [5.74, 6) is 1.20. The van der Waals surface area contributed by atoms with Gasteiger partial charge in [-0.05, 0) is 33.1 Å². The molecule has 0 spiro atoms. The van der Waals surface area contributed by atoms with Crippen molar-refractivity contribution >= 4 is 5.78 Å². The Balaban J connectivity index is 2.27. The summed E-state index contributed by atoms with van der Waals surface area (Å²) >= 11 is 0. The van der Waals surface area contributed by atoms with Crippen molar-refractivity contribution in [3.05, 3.63) is 23.8 Å². The Kier molecular flexibility index (Phi) is 1.73. The van der Waals surface area contributed by atoms with E-state index in [0.717, 1.165) is 6.42 Å². The molecule has 3 unspecified atom stereocenters. The average molecular weight is 176 g/mol. The third kappa shape index (κ3) is 1.03. The number of allylic oxidation sites excluding steroid dienone is 4. The Hall–Kier alpha value is -0.850. The zero-order valence-corrected chi connectivity index (χ0v) is 8.50. The van der Waals surface area contributed by atoms with E-state index < -0.39 is 0 Å². The van der Waals surface area contributed by atoms with Crippen molar-refractivity contribution in [3.63, 3.8) is 0 Å². The number of carbonyl (C=O) groups excluding carboxylic acids is 1. The minimum atomic E-state index is -0.160. The SMILES string of the molecule is CC(C)=CC1(C)C(=O)C2C=CCC21. The van der Waals surface area contributed by atoms with E-state index in [9.17, 15) is 4.79 Å². The molecule has 1 fully saturated rings. The number of carbonyl (C=O) groups is 1. The maximum absolute atomic E-state index is 11.8. The van der Waals surface area contributed by atoms with Crippen molar-refractivity contribution in [1.29, 1.82) is 0 Å². The zero-order valence-electron chi connectivity index (χ0n) is 8.50. The van der Waals surface area contributed by atoms with E-state index in [2.05, 4.69) is 39.0 Å². The first-order chi connectivity index (χ1) is 6.05. The molecule has 0 bridgehead atoms. The van der Waals surface area contributed by atoms with Crippen LogP contribution in [0.2, 0.25) is 0 Å². The monoisotopic (exact) mass is 176 g/mol. The number of hydrogen-bond donors (Lipinski definition) is 0. The van der Waals surface area contributed by atoms with Gasteiger partial charge in [0, 0.05) is 11.3 Å². The van der Waals surface area contributed by atoms with Gasteiger partial charge in [0.1, 0.15) is 5.78 Å². The van der Waals surface area contributed by atoms with Gasteiger partial charge in [-0.2, -0.15) is 0 Å². The normalized spacial score (nSPS) is 41.3. The summed E-state index contributed by atoms with van der Waals surface area (Å²) in [7, 11) is 0. The molecule has 1 saturated carbocycles. The summed E-state index contributed by atoms with van der Waals surface area (Å²) in [6.07, 6.45) is 7.45. The van der Waals surface area contributed by atoms with Crippen LogP contribution in [-0.2, 0) is 4.79 Å². The average Bonchev–Trinajstić information content (AvgIpc) is 2.47. The molecular formula is C12H16O. The lowest BCUT2D eigenvalue weighted by atomic mass is 9.54. The first-order valence-electron chi connectivity index (χ1n) is 4.93. The molecule has 0 aromatic heterocycles. The molecule has 1 nitrogen and oxygen atoms in total. The highest BCUT2D eigenvalue weighted by Crippen LogP contribution is 2.54. The second kappa shape index (κ2) is 2.57. The number of Topliss-reactive ketones (excluding diaryl/α,β-unsaturated/α-hetero) is 1. The highest BCUT2D eigenvalue weighted by Gasteiger charge is 2.57. The molecule has 0 heterocycles. The van der Waals surface area contributed by atoms with E-state index in [0.29, 0.717) is 11.7 Å². The fraction of sp³-hybridized carbons (Fsp3) is 0.583. The van der Waals surface area contributed by atoms with Gasteiger partial charge in [0.2, 0.25) is 0 Å². The predicted octanol–water partition coefficient (Wildman–Crippen LogP) is 2.73. The van der Waals surface area contributed by atoms with Crippen molar-refractivity contribution in [2.24, 2.45) is 17.3 Å². The van der Waals surface area contributed by atoms with Crippen molar-refractivity contribution < 1.29 is 4.79 Å². The Morgan fingerprint density at radius 3 is 2.92 bits per heavy atom. The van der Waals surface area contributed by atoms with Crippen LogP contribution in [0.5, 0.6) is 0 Å². The van der Waals surface area contributed by atoms with Crippen molar-refractivity contribution in [2.45, 2.75) is 27.2 Å². The summed E-state index contributed by atoms with van der Waals surface area (Å²) in [5.41, 5.74) is 1.09. The molecule has 2 rings (SSSR count). The number of fused-ring (bicyclic) bond motifs is 1. The number of ketones is 1. The van der Waals surface area contributed by atoms with E-state index in [-0.39, 0.29) is 11.3 Å². The summed E-state index contributed by atoms with van der Waals surface area (Å²) in [6, 6.07) is 0. The number of hydrogen-bond acceptors (Lipinski definition) is 1. The molecule has 1 heteroatoms. The lowest BCUT2D eigenvalue weighted by molar-refractivity contribution is -0.144. The Bertz CT molecular complexity index is 307. The van der Waals surface area contributed by atoms with Gasteiger partial charge in [-0.15, -0.1) is 0 Å². The highest BCUT2D eigenvalue weighted by molar-refractivity contribution is 5.97. The standard InChI is InChI=1S/C12H16O/c1-8(2)7-12(3)10-6-4-5-9(10)11(12)13/h4-5,7,9-10H,6H2,1-3H3. The lowest BCUT2D eigenvalue weighted by Gasteiger charge is -2.46. The van der Waals surface area contributed by atoms with E-state index in [4.69, 9.17) is 0 Å². The molecule has 0 aliphatic heterocycles.